The molecule has 29 heavy (non-hydrogen) atoms. The van der Waals surface area contributed by atoms with E-state index in [1.807, 2.05) is 0 Å². The van der Waals surface area contributed by atoms with Gasteiger partial charge < -0.3 is 10.6 Å². The number of carbonyl (C=O) groups is 1. The molecule has 0 saturated carbocycles. The van der Waals surface area contributed by atoms with E-state index < -0.39 is 28.0 Å². The van der Waals surface area contributed by atoms with Crippen LogP contribution in [0.1, 0.15) is 29.5 Å². The van der Waals surface area contributed by atoms with E-state index in [1.165, 1.54) is 6.07 Å². The van der Waals surface area contributed by atoms with Crippen molar-refractivity contribution in [3.05, 3.63) is 56.6 Å². The van der Waals surface area contributed by atoms with E-state index in [0.717, 1.165) is 29.8 Å². The normalized spacial score (nSPS) is 14.3. The quantitative estimate of drug-likeness (QED) is 0.731. The minimum absolute atomic E-state index is 0.198. The Balaban J connectivity index is 1.97. The molecule has 1 saturated heterocycles. The summed E-state index contributed by atoms with van der Waals surface area (Å²) in [5.41, 5.74) is 2.70. The van der Waals surface area contributed by atoms with Crippen molar-refractivity contribution in [1.29, 1.82) is 5.41 Å². The van der Waals surface area contributed by atoms with Gasteiger partial charge in [-0.15, -0.1) is 0 Å². The van der Waals surface area contributed by atoms with Crippen LogP contribution in [0.4, 0.5) is 19.0 Å². The highest BCUT2D eigenvalue weighted by Gasteiger charge is 2.34. The number of benzene rings is 1. The van der Waals surface area contributed by atoms with Gasteiger partial charge in [0.1, 0.15) is 24.3 Å². The van der Waals surface area contributed by atoms with Crippen LogP contribution in [0, 0.1) is 5.41 Å². The van der Waals surface area contributed by atoms with Crippen LogP contribution in [0.2, 0.25) is 5.02 Å². The zero-order chi connectivity index (χ0) is 21.3. The summed E-state index contributed by atoms with van der Waals surface area (Å²) < 4.78 is 40.3. The van der Waals surface area contributed by atoms with Gasteiger partial charge in [-0.25, -0.2) is 4.98 Å². The fraction of sp³-hybridized carbons (Fsp3) is 0.333. The van der Waals surface area contributed by atoms with Gasteiger partial charge in [-0.3, -0.25) is 19.6 Å². The van der Waals surface area contributed by atoms with E-state index >= 15 is 0 Å². The second-order valence-electron chi connectivity index (χ2n) is 6.59. The number of alkyl halides is 3. The standard InChI is InChI=1S/C18H17ClF3N5O2/c19-12-4-3-10(7-11(12)18(20,21)22)15(23)14-16(24)25-9-27(17(14)29)8-13(28)26-5-1-2-6-26/h3-4,7,9,23H,1-2,5-6,8,24H2. The number of likely N-dealkylation sites (tertiary alicyclic amines) is 1. The van der Waals surface area contributed by atoms with Crippen LogP contribution < -0.4 is 11.3 Å². The van der Waals surface area contributed by atoms with Crippen molar-refractivity contribution in [3.63, 3.8) is 0 Å². The van der Waals surface area contributed by atoms with Crippen molar-refractivity contribution in [2.75, 3.05) is 18.8 Å². The Labute approximate surface area is 168 Å². The predicted octanol–water partition coefficient (Wildman–Crippen LogP) is 2.54. The van der Waals surface area contributed by atoms with E-state index in [1.54, 1.807) is 4.90 Å². The number of nitrogens with one attached hydrogen (secondary N) is 1. The summed E-state index contributed by atoms with van der Waals surface area (Å²) in [4.78, 5) is 30.5. The molecule has 1 fully saturated rings. The first kappa shape index (κ1) is 20.8. The summed E-state index contributed by atoms with van der Waals surface area (Å²) in [5, 5.41) is 7.70. The van der Waals surface area contributed by atoms with E-state index in [0.29, 0.717) is 19.2 Å². The van der Waals surface area contributed by atoms with Crippen LogP contribution >= 0.6 is 11.6 Å². The number of hydrogen-bond acceptors (Lipinski definition) is 5. The van der Waals surface area contributed by atoms with Gasteiger partial charge in [-0.05, 0) is 25.0 Å². The summed E-state index contributed by atoms with van der Waals surface area (Å²) in [5.74, 6) is -0.590. The third-order valence-electron chi connectivity index (χ3n) is 4.64. The molecular formula is C18H17ClF3N5O2. The first-order chi connectivity index (χ1) is 13.6. The van der Waals surface area contributed by atoms with Gasteiger partial charge >= 0.3 is 6.18 Å². The molecule has 2 heterocycles. The molecule has 1 aliphatic rings. The minimum atomic E-state index is -4.73. The number of nitrogens with zero attached hydrogens (tertiary/aromatic N) is 3. The number of rotatable bonds is 4. The molecule has 0 bridgehead atoms. The van der Waals surface area contributed by atoms with E-state index in [2.05, 4.69) is 4.98 Å². The molecule has 0 atom stereocenters. The lowest BCUT2D eigenvalue weighted by Crippen LogP contribution is -2.36. The van der Waals surface area contributed by atoms with Crippen molar-refractivity contribution in [3.8, 4) is 0 Å². The first-order valence-electron chi connectivity index (χ1n) is 8.68. The Morgan fingerprint density at radius 1 is 1.28 bits per heavy atom. The number of hydrogen-bond donors (Lipinski definition) is 2. The largest absolute Gasteiger partial charge is 0.417 e. The number of anilines is 1. The summed E-state index contributed by atoms with van der Waals surface area (Å²) in [7, 11) is 0. The lowest BCUT2D eigenvalue weighted by Gasteiger charge is -2.17. The number of aromatic nitrogens is 2. The number of amides is 1. The van der Waals surface area contributed by atoms with Crippen molar-refractivity contribution in [1.82, 2.24) is 14.5 Å². The molecular weight excluding hydrogens is 411 g/mol. The summed E-state index contributed by atoms with van der Waals surface area (Å²) in [6.07, 6.45) is -1.87. The molecule has 1 aromatic carbocycles. The minimum Gasteiger partial charge on any atom is -0.383 e. The molecule has 1 aliphatic heterocycles. The highest BCUT2D eigenvalue weighted by atomic mass is 35.5. The van der Waals surface area contributed by atoms with Crippen LogP contribution in [0.5, 0.6) is 0 Å². The summed E-state index contributed by atoms with van der Waals surface area (Å²) in [6.45, 7) is 0.911. The lowest BCUT2D eigenvalue weighted by atomic mass is 10.0. The topological polar surface area (TPSA) is 105 Å². The summed E-state index contributed by atoms with van der Waals surface area (Å²) in [6, 6.07) is 2.86. The Bertz CT molecular complexity index is 1030. The molecule has 3 N–H and O–H groups in total. The molecule has 1 aromatic heterocycles. The SMILES string of the molecule is N=C(c1ccc(Cl)c(C(F)(F)F)c1)c1c(N)ncn(CC(=O)N2CCCC2)c1=O. The third-order valence-corrected chi connectivity index (χ3v) is 4.97. The Kier molecular flexibility index (Phi) is 5.65. The van der Waals surface area contributed by atoms with Crippen LogP contribution in [0.15, 0.2) is 29.3 Å². The van der Waals surface area contributed by atoms with Gasteiger partial charge in [0.05, 0.1) is 16.3 Å². The van der Waals surface area contributed by atoms with Gasteiger partial charge in [0, 0.05) is 18.7 Å². The zero-order valence-corrected chi connectivity index (χ0v) is 15.8. The van der Waals surface area contributed by atoms with Gasteiger partial charge in [0.2, 0.25) is 5.91 Å². The lowest BCUT2D eigenvalue weighted by molar-refractivity contribution is -0.137. The monoisotopic (exact) mass is 427 g/mol. The second-order valence-corrected chi connectivity index (χ2v) is 7.00. The molecule has 11 heteroatoms. The smallest absolute Gasteiger partial charge is 0.383 e. The van der Waals surface area contributed by atoms with E-state index in [4.69, 9.17) is 22.7 Å². The second kappa shape index (κ2) is 7.86. The maximum Gasteiger partial charge on any atom is 0.417 e. The average molecular weight is 428 g/mol. The van der Waals surface area contributed by atoms with Gasteiger partial charge in [-0.2, -0.15) is 13.2 Å². The zero-order valence-electron chi connectivity index (χ0n) is 15.1. The molecule has 0 aliphatic carbocycles. The van der Waals surface area contributed by atoms with Gasteiger partial charge in [0.15, 0.2) is 0 Å². The third kappa shape index (κ3) is 4.26. The molecule has 154 valence electrons. The number of nitrogen functional groups attached to an aromatic ring is 1. The van der Waals surface area contributed by atoms with Crippen molar-refractivity contribution >= 4 is 29.0 Å². The van der Waals surface area contributed by atoms with Crippen LogP contribution in [0.3, 0.4) is 0 Å². The molecule has 3 rings (SSSR count). The highest BCUT2D eigenvalue weighted by molar-refractivity contribution is 6.31. The van der Waals surface area contributed by atoms with Crippen LogP contribution in [-0.4, -0.2) is 39.2 Å². The molecule has 2 aromatic rings. The maximum atomic E-state index is 13.1. The Morgan fingerprint density at radius 2 is 1.93 bits per heavy atom. The fourth-order valence-electron chi connectivity index (χ4n) is 3.10. The fourth-order valence-corrected chi connectivity index (χ4v) is 3.33. The average Bonchev–Trinajstić information content (AvgIpc) is 3.18. The molecule has 0 unspecified atom stereocenters. The molecule has 0 spiro atoms. The van der Waals surface area contributed by atoms with Gasteiger partial charge in [-0.1, -0.05) is 17.7 Å². The Hall–Kier alpha value is -2.88. The maximum absolute atomic E-state index is 13.1. The Morgan fingerprint density at radius 3 is 2.55 bits per heavy atom. The highest BCUT2D eigenvalue weighted by Crippen LogP contribution is 2.35. The van der Waals surface area contributed by atoms with Gasteiger partial charge in [0.25, 0.3) is 5.56 Å². The van der Waals surface area contributed by atoms with E-state index in [-0.39, 0.29) is 29.4 Å². The first-order valence-corrected chi connectivity index (χ1v) is 9.06. The predicted molar refractivity (Wildman–Crippen MR) is 101 cm³/mol. The van der Waals surface area contributed by atoms with Crippen molar-refractivity contribution in [2.45, 2.75) is 25.6 Å². The molecule has 1 amide bonds. The van der Waals surface area contributed by atoms with Crippen molar-refractivity contribution in [2.24, 2.45) is 0 Å². The van der Waals surface area contributed by atoms with E-state index in [9.17, 15) is 22.8 Å². The molecule has 7 nitrogen and oxygen atoms in total. The number of carbonyl (C=O) groups excluding carboxylic acids is 1. The number of nitrogens with two attached hydrogens (primary N) is 1. The van der Waals surface area contributed by atoms with Crippen LogP contribution in [-0.2, 0) is 17.5 Å². The van der Waals surface area contributed by atoms with Crippen molar-refractivity contribution < 1.29 is 18.0 Å². The summed E-state index contributed by atoms with van der Waals surface area (Å²) >= 11 is 5.60. The number of halogens is 4. The molecule has 0 radical (unpaired) electrons. The van der Waals surface area contributed by atoms with Crippen LogP contribution in [0.25, 0.3) is 0 Å².